The molecule has 0 spiro atoms. The Morgan fingerprint density at radius 1 is 1.04 bits per heavy atom. The molecule has 0 aliphatic heterocycles. The number of benzene rings is 1. The third kappa shape index (κ3) is 6.06. The molecule has 0 radical (unpaired) electrons. The van der Waals surface area contributed by atoms with Gasteiger partial charge in [0.25, 0.3) is 0 Å². The molecule has 0 saturated heterocycles. The van der Waals surface area contributed by atoms with Gasteiger partial charge in [-0.05, 0) is 49.2 Å². The molecular formula is C18H26N4O. The predicted octanol–water partition coefficient (Wildman–Crippen LogP) is 2.35. The van der Waals surface area contributed by atoms with E-state index in [1.807, 2.05) is 12.1 Å². The van der Waals surface area contributed by atoms with Gasteiger partial charge in [-0.15, -0.1) is 0 Å². The van der Waals surface area contributed by atoms with Crippen molar-refractivity contribution in [3.63, 3.8) is 0 Å². The lowest BCUT2D eigenvalue weighted by atomic mass is 10.1. The summed E-state index contributed by atoms with van der Waals surface area (Å²) >= 11 is 0. The maximum atomic E-state index is 5.78. The molecule has 0 aliphatic carbocycles. The monoisotopic (exact) mass is 314 g/mol. The maximum Gasteiger partial charge on any atom is 0.191 e. The van der Waals surface area contributed by atoms with Crippen LogP contribution in [0.2, 0.25) is 0 Å². The molecule has 2 rings (SSSR count). The van der Waals surface area contributed by atoms with Gasteiger partial charge in [0.15, 0.2) is 5.96 Å². The third-order valence-corrected chi connectivity index (χ3v) is 3.41. The maximum absolute atomic E-state index is 5.78. The average Bonchev–Trinajstić information content (AvgIpc) is 3.02. The minimum atomic E-state index is 0.598. The second kappa shape index (κ2) is 8.88. The lowest BCUT2D eigenvalue weighted by molar-refractivity contribution is 0.321. The van der Waals surface area contributed by atoms with Crippen LogP contribution in [0.25, 0.3) is 0 Å². The number of nitrogens with one attached hydrogen (secondary N) is 2. The Bertz CT molecular complexity index is 600. The summed E-state index contributed by atoms with van der Waals surface area (Å²) in [5.74, 6) is 1.71. The van der Waals surface area contributed by atoms with Gasteiger partial charge in [-0.2, -0.15) is 0 Å². The van der Waals surface area contributed by atoms with E-state index in [-0.39, 0.29) is 0 Å². The van der Waals surface area contributed by atoms with E-state index in [1.165, 1.54) is 11.1 Å². The van der Waals surface area contributed by atoms with Crippen molar-refractivity contribution in [3.8, 4) is 5.75 Å². The van der Waals surface area contributed by atoms with E-state index in [4.69, 9.17) is 4.74 Å². The first kappa shape index (κ1) is 16.9. The van der Waals surface area contributed by atoms with Crippen LogP contribution in [0.1, 0.15) is 11.1 Å². The van der Waals surface area contributed by atoms with Gasteiger partial charge in [-0.25, -0.2) is 0 Å². The molecule has 2 aromatic rings. The molecular weight excluding hydrogens is 288 g/mol. The molecule has 0 amide bonds. The standard InChI is InChI=1S/C18H26N4O/c1-15-12-16(2)14-17(13-15)23-11-7-21-18(19-3)20-6-10-22-8-4-5-9-22/h4-5,8-9,12-14H,6-7,10-11H2,1-3H3,(H2,19,20,21). The van der Waals surface area contributed by atoms with E-state index in [1.54, 1.807) is 7.05 Å². The van der Waals surface area contributed by atoms with Gasteiger partial charge in [0.05, 0.1) is 6.54 Å². The third-order valence-electron chi connectivity index (χ3n) is 3.41. The van der Waals surface area contributed by atoms with Crippen LogP contribution < -0.4 is 15.4 Å². The van der Waals surface area contributed by atoms with Gasteiger partial charge in [-0.3, -0.25) is 4.99 Å². The van der Waals surface area contributed by atoms with Crippen LogP contribution in [0.5, 0.6) is 5.75 Å². The lowest BCUT2D eigenvalue weighted by Crippen LogP contribution is -2.40. The minimum Gasteiger partial charge on any atom is -0.492 e. The summed E-state index contributed by atoms with van der Waals surface area (Å²) in [5.41, 5.74) is 2.44. The van der Waals surface area contributed by atoms with Crippen molar-refractivity contribution in [2.45, 2.75) is 20.4 Å². The Balaban J connectivity index is 1.65. The topological polar surface area (TPSA) is 50.6 Å². The van der Waals surface area contributed by atoms with Crippen molar-refractivity contribution in [2.75, 3.05) is 26.7 Å². The first-order valence-corrected chi connectivity index (χ1v) is 7.94. The highest BCUT2D eigenvalue weighted by molar-refractivity contribution is 5.79. The van der Waals surface area contributed by atoms with Crippen molar-refractivity contribution in [2.24, 2.45) is 4.99 Å². The quantitative estimate of drug-likeness (QED) is 0.468. The Morgan fingerprint density at radius 2 is 1.70 bits per heavy atom. The summed E-state index contributed by atoms with van der Waals surface area (Å²) in [6, 6.07) is 10.3. The zero-order valence-electron chi connectivity index (χ0n) is 14.2. The molecule has 0 saturated carbocycles. The summed E-state index contributed by atoms with van der Waals surface area (Å²) < 4.78 is 7.90. The SMILES string of the molecule is CN=C(NCCOc1cc(C)cc(C)c1)NCCn1cccc1. The van der Waals surface area contributed by atoms with Crippen LogP contribution >= 0.6 is 0 Å². The Labute approximate surface area is 138 Å². The number of hydrogen-bond donors (Lipinski definition) is 2. The molecule has 0 aliphatic rings. The van der Waals surface area contributed by atoms with E-state index in [0.29, 0.717) is 13.2 Å². The molecule has 2 N–H and O–H groups in total. The van der Waals surface area contributed by atoms with Crippen molar-refractivity contribution in [3.05, 3.63) is 53.9 Å². The van der Waals surface area contributed by atoms with Gasteiger partial charge >= 0.3 is 0 Å². The van der Waals surface area contributed by atoms with Crippen LogP contribution in [0.4, 0.5) is 0 Å². The smallest absolute Gasteiger partial charge is 0.191 e. The number of ether oxygens (including phenoxy) is 1. The molecule has 124 valence electrons. The molecule has 1 aromatic heterocycles. The summed E-state index contributed by atoms with van der Waals surface area (Å²) in [4.78, 5) is 4.21. The van der Waals surface area contributed by atoms with Crippen molar-refractivity contribution < 1.29 is 4.74 Å². The number of aromatic nitrogens is 1. The fourth-order valence-electron chi connectivity index (χ4n) is 2.40. The Hall–Kier alpha value is -2.43. The second-order valence-electron chi connectivity index (χ2n) is 5.52. The fraction of sp³-hybridized carbons (Fsp3) is 0.389. The predicted molar refractivity (Wildman–Crippen MR) is 95.2 cm³/mol. The molecule has 0 fully saturated rings. The van der Waals surface area contributed by atoms with Crippen LogP contribution in [-0.2, 0) is 6.54 Å². The molecule has 0 bridgehead atoms. The largest absolute Gasteiger partial charge is 0.492 e. The van der Waals surface area contributed by atoms with Crippen LogP contribution in [0.3, 0.4) is 0 Å². The van der Waals surface area contributed by atoms with E-state index >= 15 is 0 Å². The van der Waals surface area contributed by atoms with Crippen molar-refractivity contribution in [1.82, 2.24) is 15.2 Å². The lowest BCUT2D eigenvalue weighted by Gasteiger charge is -2.13. The Morgan fingerprint density at radius 3 is 2.35 bits per heavy atom. The molecule has 0 unspecified atom stereocenters. The number of aliphatic imine (C=N–C) groups is 1. The number of aryl methyl sites for hydroxylation is 2. The number of hydrogen-bond acceptors (Lipinski definition) is 2. The summed E-state index contributed by atoms with van der Waals surface area (Å²) in [5, 5.41) is 6.54. The number of guanidine groups is 1. The minimum absolute atomic E-state index is 0.598. The fourth-order valence-corrected chi connectivity index (χ4v) is 2.40. The van der Waals surface area contributed by atoms with Gasteiger partial charge in [-0.1, -0.05) is 6.07 Å². The summed E-state index contributed by atoms with van der Waals surface area (Å²) in [6.45, 7) is 7.19. The number of nitrogens with zero attached hydrogens (tertiary/aromatic N) is 2. The van der Waals surface area contributed by atoms with Crippen LogP contribution in [0.15, 0.2) is 47.7 Å². The van der Waals surface area contributed by atoms with E-state index < -0.39 is 0 Å². The van der Waals surface area contributed by atoms with E-state index in [2.05, 4.69) is 64.6 Å². The van der Waals surface area contributed by atoms with Crippen LogP contribution in [-0.4, -0.2) is 37.3 Å². The van der Waals surface area contributed by atoms with Gasteiger partial charge in [0, 0.05) is 32.5 Å². The summed E-state index contributed by atoms with van der Waals surface area (Å²) in [7, 11) is 1.77. The molecule has 5 heteroatoms. The second-order valence-corrected chi connectivity index (χ2v) is 5.52. The number of rotatable bonds is 7. The zero-order chi connectivity index (χ0) is 16.5. The van der Waals surface area contributed by atoms with E-state index in [0.717, 1.165) is 24.8 Å². The van der Waals surface area contributed by atoms with Gasteiger partial charge in [0.2, 0.25) is 0 Å². The summed E-state index contributed by atoms with van der Waals surface area (Å²) in [6.07, 6.45) is 4.10. The normalized spacial score (nSPS) is 11.3. The highest BCUT2D eigenvalue weighted by atomic mass is 16.5. The molecule has 23 heavy (non-hydrogen) atoms. The van der Waals surface area contributed by atoms with Gasteiger partial charge < -0.3 is 19.9 Å². The molecule has 1 aromatic carbocycles. The van der Waals surface area contributed by atoms with Crippen molar-refractivity contribution >= 4 is 5.96 Å². The first-order valence-electron chi connectivity index (χ1n) is 7.94. The van der Waals surface area contributed by atoms with Crippen molar-refractivity contribution in [1.29, 1.82) is 0 Å². The molecule has 0 atom stereocenters. The highest BCUT2D eigenvalue weighted by Gasteiger charge is 1.99. The highest BCUT2D eigenvalue weighted by Crippen LogP contribution is 2.15. The zero-order valence-corrected chi connectivity index (χ0v) is 14.2. The molecule has 5 nitrogen and oxygen atoms in total. The molecule has 1 heterocycles. The van der Waals surface area contributed by atoms with E-state index in [9.17, 15) is 0 Å². The van der Waals surface area contributed by atoms with Gasteiger partial charge in [0.1, 0.15) is 12.4 Å². The average molecular weight is 314 g/mol. The Kier molecular flexibility index (Phi) is 6.54. The van der Waals surface area contributed by atoms with Crippen LogP contribution in [0, 0.1) is 13.8 Å². The first-order chi connectivity index (χ1) is 11.2.